The van der Waals surface area contributed by atoms with E-state index in [0.717, 1.165) is 11.1 Å². The molecule has 3 nitrogen and oxygen atoms in total. The molecule has 104 valence electrons. The molecule has 0 amide bonds. The normalized spacial score (nSPS) is 14.9. The van der Waals surface area contributed by atoms with E-state index in [-0.39, 0.29) is 6.04 Å². The van der Waals surface area contributed by atoms with Gasteiger partial charge in [0, 0.05) is 6.04 Å². The molecule has 0 aromatic heterocycles. The van der Waals surface area contributed by atoms with Crippen molar-refractivity contribution >= 4 is 11.6 Å². The second kappa shape index (κ2) is 5.73. The standard InChI is InChI=1S/C16H16ClNO2/c17-13-8-11(10-15-16(13)20-7-6-19-15)9-14(18)12-4-2-1-3-5-12/h1-5,8,10,14H,6-7,9,18H2. The van der Waals surface area contributed by atoms with Gasteiger partial charge in [-0.15, -0.1) is 0 Å². The van der Waals surface area contributed by atoms with Crippen LogP contribution in [0.3, 0.4) is 0 Å². The number of rotatable bonds is 3. The molecule has 20 heavy (non-hydrogen) atoms. The van der Waals surface area contributed by atoms with Crippen molar-refractivity contribution in [1.82, 2.24) is 0 Å². The zero-order chi connectivity index (χ0) is 13.9. The molecule has 0 bridgehead atoms. The summed E-state index contributed by atoms with van der Waals surface area (Å²) in [5, 5.41) is 0.581. The maximum atomic E-state index is 6.24. The van der Waals surface area contributed by atoms with Gasteiger partial charge in [0.05, 0.1) is 5.02 Å². The van der Waals surface area contributed by atoms with Crippen LogP contribution in [0.25, 0.3) is 0 Å². The van der Waals surface area contributed by atoms with Crippen LogP contribution in [-0.4, -0.2) is 13.2 Å². The minimum Gasteiger partial charge on any atom is -0.486 e. The van der Waals surface area contributed by atoms with E-state index in [4.69, 9.17) is 26.8 Å². The van der Waals surface area contributed by atoms with Gasteiger partial charge in [-0.2, -0.15) is 0 Å². The molecule has 1 heterocycles. The van der Waals surface area contributed by atoms with Crippen molar-refractivity contribution < 1.29 is 9.47 Å². The first-order valence-electron chi connectivity index (χ1n) is 6.62. The number of ether oxygens (including phenoxy) is 2. The van der Waals surface area contributed by atoms with Crippen LogP contribution in [0, 0.1) is 0 Å². The molecule has 0 fully saturated rings. The summed E-state index contributed by atoms with van der Waals surface area (Å²) in [5.41, 5.74) is 8.40. The predicted molar refractivity (Wildman–Crippen MR) is 79.5 cm³/mol. The summed E-state index contributed by atoms with van der Waals surface area (Å²) in [4.78, 5) is 0. The van der Waals surface area contributed by atoms with Crippen molar-refractivity contribution in [1.29, 1.82) is 0 Å². The number of hydrogen-bond acceptors (Lipinski definition) is 3. The lowest BCUT2D eigenvalue weighted by molar-refractivity contribution is 0.171. The van der Waals surface area contributed by atoms with Crippen LogP contribution in [0.4, 0.5) is 0 Å². The van der Waals surface area contributed by atoms with E-state index in [1.807, 2.05) is 42.5 Å². The van der Waals surface area contributed by atoms with Gasteiger partial charge in [-0.25, -0.2) is 0 Å². The monoisotopic (exact) mass is 289 g/mol. The molecular formula is C16H16ClNO2. The Bertz CT molecular complexity index is 601. The van der Waals surface area contributed by atoms with E-state index in [2.05, 4.69) is 0 Å². The first-order valence-corrected chi connectivity index (χ1v) is 7.00. The molecule has 0 aliphatic carbocycles. The Hall–Kier alpha value is -1.71. The number of halogens is 1. The van der Waals surface area contributed by atoms with E-state index in [1.54, 1.807) is 0 Å². The van der Waals surface area contributed by atoms with Gasteiger partial charge in [0.15, 0.2) is 11.5 Å². The molecule has 0 saturated carbocycles. The Morgan fingerprint density at radius 2 is 1.85 bits per heavy atom. The summed E-state index contributed by atoms with van der Waals surface area (Å²) in [6.07, 6.45) is 0.709. The Morgan fingerprint density at radius 1 is 1.10 bits per heavy atom. The molecule has 1 aliphatic heterocycles. The zero-order valence-electron chi connectivity index (χ0n) is 11.0. The molecule has 0 saturated heterocycles. The maximum Gasteiger partial charge on any atom is 0.179 e. The molecule has 2 aromatic rings. The smallest absolute Gasteiger partial charge is 0.179 e. The highest BCUT2D eigenvalue weighted by Crippen LogP contribution is 2.39. The quantitative estimate of drug-likeness (QED) is 0.942. The minimum absolute atomic E-state index is 0.0603. The largest absolute Gasteiger partial charge is 0.486 e. The van der Waals surface area contributed by atoms with Crippen LogP contribution in [-0.2, 0) is 6.42 Å². The van der Waals surface area contributed by atoms with Gasteiger partial charge < -0.3 is 15.2 Å². The summed E-state index contributed by atoms with van der Waals surface area (Å²) >= 11 is 6.23. The summed E-state index contributed by atoms with van der Waals surface area (Å²) in [6.45, 7) is 1.09. The topological polar surface area (TPSA) is 44.5 Å². The van der Waals surface area contributed by atoms with E-state index >= 15 is 0 Å². The third kappa shape index (κ3) is 2.74. The molecule has 2 N–H and O–H groups in total. The molecule has 1 unspecified atom stereocenters. The molecule has 1 atom stereocenters. The lowest BCUT2D eigenvalue weighted by Gasteiger charge is -2.21. The van der Waals surface area contributed by atoms with Gasteiger partial charge in [0.25, 0.3) is 0 Å². The second-order valence-electron chi connectivity index (χ2n) is 4.82. The van der Waals surface area contributed by atoms with E-state index in [0.29, 0.717) is 36.2 Å². The van der Waals surface area contributed by atoms with E-state index in [9.17, 15) is 0 Å². The molecule has 0 spiro atoms. The second-order valence-corrected chi connectivity index (χ2v) is 5.23. The van der Waals surface area contributed by atoms with Crippen LogP contribution < -0.4 is 15.2 Å². The van der Waals surface area contributed by atoms with Crippen molar-refractivity contribution in [2.24, 2.45) is 5.73 Å². The highest BCUT2D eigenvalue weighted by atomic mass is 35.5. The third-order valence-corrected chi connectivity index (χ3v) is 3.62. The maximum absolute atomic E-state index is 6.24. The van der Waals surface area contributed by atoms with Crippen molar-refractivity contribution in [3.63, 3.8) is 0 Å². The SMILES string of the molecule is NC(Cc1cc(Cl)c2c(c1)OCCO2)c1ccccc1. The van der Waals surface area contributed by atoms with Crippen LogP contribution in [0.1, 0.15) is 17.2 Å². The van der Waals surface area contributed by atoms with Crippen molar-refractivity contribution in [2.45, 2.75) is 12.5 Å². The fraction of sp³-hybridized carbons (Fsp3) is 0.250. The van der Waals surface area contributed by atoms with Gasteiger partial charge in [-0.1, -0.05) is 41.9 Å². The number of benzene rings is 2. The zero-order valence-corrected chi connectivity index (χ0v) is 11.8. The van der Waals surface area contributed by atoms with Gasteiger partial charge in [-0.3, -0.25) is 0 Å². The van der Waals surface area contributed by atoms with Gasteiger partial charge in [0.1, 0.15) is 13.2 Å². The van der Waals surface area contributed by atoms with Crippen molar-refractivity contribution in [3.05, 3.63) is 58.6 Å². The van der Waals surface area contributed by atoms with E-state index in [1.165, 1.54) is 0 Å². The van der Waals surface area contributed by atoms with Gasteiger partial charge >= 0.3 is 0 Å². The fourth-order valence-corrected chi connectivity index (χ4v) is 2.64. The lowest BCUT2D eigenvalue weighted by Crippen LogP contribution is -2.17. The van der Waals surface area contributed by atoms with Crippen LogP contribution in [0.2, 0.25) is 5.02 Å². The molecule has 4 heteroatoms. The molecule has 0 radical (unpaired) electrons. The van der Waals surface area contributed by atoms with Crippen LogP contribution in [0.5, 0.6) is 11.5 Å². The molecule has 2 aromatic carbocycles. The van der Waals surface area contributed by atoms with Crippen LogP contribution in [0.15, 0.2) is 42.5 Å². The number of hydrogen-bond donors (Lipinski definition) is 1. The average molecular weight is 290 g/mol. The Balaban J connectivity index is 1.83. The lowest BCUT2D eigenvalue weighted by atomic mass is 9.99. The summed E-state index contributed by atoms with van der Waals surface area (Å²) < 4.78 is 11.1. The van der Waals surface area contributed by atoms with Gasteiger partial charge in [-0.05, 0) is 29.7 Å². The van der Waals surface area contributed by atoms with Crippen molar-refractivity contribution in [3.8, 4) is 11.5 Å². The Labute approximate surface area is 123 Å². The predicted octanol–water partition coefficient (Wildman–Crippen LogP) is 3.35. The van der Waals surface area contributed by atoms with Crippen LogP contribution >= 0.6 is 11.6 Å². The van der Waals surface area contributed by atoms with Crippen molar-refractivity contribution in [2.75, 3.05) is 13.2 Å². The Kier molecular flexibility index (Phi) is 3.81. The molecular weight excluding hydrogens is 274 g/mol. The fourth-order valence-electron chi connectivity index (χ4n) is 2.35. The summed E-state index contributed by atoms with van der Waals surface area (Å²) in [6, 6.07) is 13.8. The summed E-state index contributed by atoms with van der Waals surface area (Å²) in [5.74, 6) is 1.34. The first kappa shape index (κ1) is 13.3. The van der Waals surface area contributed by atoms with Gasteiger partial charge in [0.2, 0.25) is 0 Å². The molecule has 1 aliphatic rings. The van der Waals surface area contributed by atoms with E-state index < -0.39 is 0 Å². The first-order chi connectivity index (χ1) is 9.74. The average Bonchev–Trinajstić information content (AvgIpc) is 2.48. The Morgan fingerprint density at radius 3 is 2.65 bits per heavy atom. The number of fused-ring (bicyclic) bond motifs is 1. The highest BCUT2D eigenvalue weighted by Gasteiger charge is 2.17. The number of nitrogens with two attached hydrogens (primary N) is 1. The minimum atomic E-state index is -0.0603. The summed E-state index contributed by atoms with van der Waals surface area (Å²) in [7, 11) is 0. The third-order valence-electron chi connectivity index (χ3n) is 3.34. The highest BCUT2D eigenvalue weighted by molar-refractivity contribution is 6.32. The molecule has 3 rings (SSSR count).